The number of nitrogens with zero attached hydrogens (tertiary/aromatic N) is 2. The lowest BCUT2D eigenvalue weighted by Gasteiger charge is -2.32. The van der Waals surface area contributed by atoms with E-state index >= 15 is 0 Å². The number of anilines is 1. The van der Waals surface area contributed by atoms with Gasteiger partial charge in [-0.25, -0.2) is 8.42 Å². The fourth-order valence-electron chi connectivity index (χ4n) is 3.29. The molecule has 2 atom stereocenters. The van der Waals surface area contributed by atoms with E-state index in [9.17, 15) is 31.2 Å². The van der Waals surface area contributed by atoms with Crippen LogP contribution in [0.15, 0.2) is 48.5 Å². The minimum absolute atomic E-state index is 0.0503. The van der Waals surface area contributed by atoms with Crippen LogP contribution in [-0.2, 0) is 32.3 Å². The van der Waals surface area contributed by atoms with Gasteiger partial charge in [0.05, 0.1) is 17.5 Å². The highest BCUT2D eigenvalue weighted by atomic mass is 35.5. The van der Waals surface area contributed by atoms with Gasteiger partial charge in [0.15, 0.2) is 0 Å². The molecular weight excluding hydrogens is 519 g/mol. The highest BCUT2D eigenvalue weighted by Crippen LogP contribution is 2.32. The van der Waals surface area contributed by atoms with E-state index in [1.54, 1.807) is 31.2 Å². The average Bonchev–Trinajstić information content (AvgIpc) is 2.80. The molecule has 0 heterocycles. The number of hydrogen-bond acceptors (Lipinski definition) is 4. The Morgan fingerprint density at radius 2 is 1.69 bits per heavy atom. The third-order valence-electron chi connectivity index (χ3n) is 5.58. The Hall–Kier alpha value is -2.79. The maximum absolute atomic E-state index is 13.4. The van der Waals surface area contributed by atoms with E-state index in [1.807, 2.05) is 6.92 Å². The van der Waals surface area contributed by atoms with Gasteiger partial charge in [-0.1, -0.05) is 36.7 Å². The van der Waals surface area contributed by atoms with Crippen LogP contribution in [0.2, 0.25) is 5.02 Å². The first kappa shape index (κ1) is 29.4. The Morgan fingerprint density at radius 3 is 2.22 bits per heavy atom. The molecule has 0 aliphatic heterocycles. The van der Waals surface area contributed by atoms with Crippen molar-refractivity contribution in [1.82, 2.24) is 10.2 Å². The number of hydrogen-bond donors (Lipinski definition) is 1. The number of carbonyl (C=O) groups excluding carboxylic acids is 2. The lowest BCUT2D eigenvalue weighted by atomic mass is 10.1. The van der Waals surface area contributed by atoms with Crippen molar-refractivity contribution in [1.29, 1.82) is 0 Å². The average molecular weight is 548 g/mol. The van der Waals surface area contributed by atoms with Crippen molar-refractivity contribution in [3.05, 3.63) is 64.7 Å². The van der Waals surface area contributed by atoms with Crippen LogP contribution in [0.5, 0.6) is 0 Å². The van der Waals surface area contributed by atoms with Crippen molar-refractivity contribution in [2.45, 2.75) is 52.0 Å². The summed E-state index contributed by atoms with van der Waals surface area (Å²) in [7, 11) is -4.16. The normalized spacial score (nSPS) is 13.6. The van der Waals surface area contributed by atoms with Gasteiger partial charge < -0.3 is 10.2 Å². The quantitative estimate of drug-likeness (QED) is 0.476. The minimum Gasteiger partial charge on any atom is -0.352 e. The smallest absolute Gasteiger partial charge is 0.352 e. The Balaban J connectivity index is 2.43. The summed E-state index contributed by atoms with van der Waals surface area (Å²) in [6.07, 6.45) is -3.25. The third kappa shape index (κ3) is 8.12. The molecule has 7 nitrogen and oxygen atoms in total. The molecule has 0 bridgehead atoms. The molecule has 0 saturated carbocycles. The van der Waals surface area contributed by atoms with Crippen LogP contribution in [0.3, 0.4) is 0 Å². The van der Waals surface area contributed by atoms with Crippen LogP contribution in [0.4, 0.5) is 18.9 Å². The van der Waals surface area contributed by atoms with Crippen molar-refractivity contribution < 1.29 is 31.2 Å². The lowest BCUT2D eigenvalue weighted by Crippen LogP contribution is -2.52. The van der Waals surface area contributed by atoms with Gasteiger partial charge in [0.2, 0.25) is 21.8 Å². The number of benzene rings is 2. The summed E-state index contributed by atoms with van der Waals surface area (Å²) in [5, 5.41) is 3.25. The molecule has 0 fully saturated rings. The molecule has 2 aromatic carbocycles. The second-order valence-electron chi connectivity index (χ2n) is 8.46. The van der Waals surface area contributed by atoms with Crippen LogP contribution >= 0.6 is 11.6 Å². The monoisotopic (exact) mass is 547 g/mol. The van der Waals surface area contributed by atoms with Gasteiger partial charge in [0.1, 0.15) is 12.6 Å². The summed E-state index contributed by atoms with van der Waals surface area (Å²) in [5.74, 6) is -1.21. The maximum atomic E-state index is 13.4. The maximum Gasteiger partial charge on any atom is 0.416 e. The molecule has 0 radical (unpaired) electrons. The molecule has 1 N–H and O–H groups in total. The Labute approximate surface area is 214 Å². The Kier molecular flexibility index (Phi) is 9.78. The zero-order chi connectivity index (χ0) is 27.3. The molecule has 2 rings (SSSR count). The minimum atomic E-state index is -4.70. The SMILES string of the molecule is CCC(C)NC(=O)C(C)N(Cc1ccc(Cl)cc1)C(=O)CN(c1cccc(C(F)(F)F)c1)S(C)(=O)=O. The van der Waals surface area contributed by atoms with Crippen molar-refractivity contribution in [3.63, 3.8) is 0 Å². The first-order valence-electron chi connectivity index (χ1n) is 11.1. The van der Waals surface area contributed by atoms with Gasteiger partial charge in [-0.3, -0.25) is 13.9 Å². The molecule has 0 saturated heterocycles. The van der Waals surface area contributed by atoms with Crippen molar-refractivity contribution in [3.8, 4) is 0 Å². The molecular formula is C24H29ClF3N3O4S. The second kappa shape index (κ2) is 12.0. The molecule has 0 aliphatic carbocycles. The Morgan fingerprint density at radius 1 is 1.08 bits per heavy atom. The van der Waals surface area contributed by atoms with Crippen LogP contribution in [-0.4, -0.2) is 50.0 Å². The number of carbonyl (C=O) groups is 2. The molecule has 0 spiro atoms. The van der Waals surface area contributed by atoms with Gasteiger partial charge >= 0.3 is 6.18 Å². The molecule has 2 amide bonds. The van der Waals surface area contributed by atoms with E-state index in [4.69, 9.17) is 11.6 Å². The zero-order valence-corrected chi connectivity index (χ0v) is 21.9. The summed E-state index contributed by atoms with van der Waals surface area (Å²) in [4.78, 5) is 27.4. The summed E-state index contributed by atoms with van der Waals surface area (Å²) in [6, 6.07) is 9.07. The van der Waals surface area contributed by atoms with Gasteiger partial charge in [0.25, 0.3) is 0 Å². The van der Waals surface area contributed by atoms with Gasteiger partial charge in [-0.2, -0.15) is 13.2 Å². The highest BCUT2D eigenvalue weighted by molar-refractivity contribution is 7.92. The molecule has 0 aliphatic rings. The standard InChI is InChI=1S/C24H29ClF3N3O4S/c1-5-16(2)29-23(33)17(3)30(14-18-9-11-20(25)12-10-18)22(32)15-31(36(4,34)35)21-8-6-7-19(13-21)24(26,27)28/h6-13,16-17H,5,14-15H2,1-4H3,(H,29,33). The van der Waals surface area contributed by atoms with Crippen LogP contribution in [0.1, 0.15) is 38.3 Å². The van der Waals surface area contributed by atoms with Crippen LogP contribution < -0.4 is 9.62 Å². The van der Waals surface area contributed by atoms with Crippen LogP contribution in [0.25, 0.3) is 0 Å². The molecule has 0 aromatic heterocycles. The number of sulfonamides is 1. The van der Waals surface area contributed by atoms with Gasteiger partial charge in [0, 0.05) is 17.6 Å². The molecule has 198 valence electrons. The third-order valence-corrected chi connectivity index (χ3v) is 6.97. The predicted molar refractivity (Wildman–Crippen MR) is 133 cm³/mol. The highest BCUT2D eigenvalue weighted by Gasteiger charge is 2.33. The topological polar surface area (TPSA) is 86.8 Å². The number of alkyl halides is 3. The van der Waals surface area contributed by atoms with E-state index < -0.39 is 46.2 Å². The van der Waals surface area contributed by atoms with Gasteiger partial charge in [-0.15, -0.1) is 0 Å². The Bertz CT molecular complexity index is 1170. The molecule has 2 unspecified atom stereocenters. The van der Waals surface area contributed by atoms with Crippen molar-refractivity contribution in [2.75, 3.05) is 17.1 Å². The predicted octanol–water partition coefficient (Wildman–Crippen LogP) is 4.46. The van der Waals surface area contributed by atoms with E-state index in [2.05, 4.69) is 5.32 Å². The van der Waals surface area contributed by atoms with Crippen LogP contribution in [0, 0.1) is 0 Å². The molecule has 12 heteroatoms. The van der Waals surface area contributed by atoms with E-state index in [-0.39, 0.29) is 18.3 Å². The van der Waals surface area contributed by atoms with Crippen molar-refractivity contribution in [2.24, 2.45) is 0 Å². The summed E-state index contributed by atoms with van der Waals surface area (Å²) in [6.45, 7) is 4.33. The summed E-state index contributed by atoms with van der Waals surface area (Å²) >= 11 is 5.93. The first-order chi connectivity index (χ1) is 16.6. The summed E-state index contributed by atoms with van der Waals surface area (Å²) < 4.78 is 65.3. The van der Waals surface area contributed by atoms with E-state index in [0.29, 0.717) is 27.4 Å². The molecule has 36 heavy (non-hydrogen) atoms. The fraction of sp³-hybridized carbons (Fsp3) is 0.417. The number of rotatable bonds is 10. The number of halogens is 4. The zero-order valence-electron chi connectivity index (χ0n) is 20.3. The fourth-order valence-corrected chi connectivity index (χ4v) is 4.25. The second-order valence-corrected chi connectivity index (χ2v) is 10.8. The van der Waals surface area contributed by atoms with E-state index in [1.165, 1.54) is 17.9 Å². The number of amides is 2. The van der Waals surface area contributed by atoms with Crippen molar-refractivity contribution >= 4 is 39.1 Å². The lowest BCUT2D eigenvalue weighted by molar-refractivity contribution is -0.139. The van der Waals surface area contributed by atoms with Gasteiger partial charge in [-0.05, 0) is 56.2 Å². The van der Waals surface area contributed by atoms with E-state index in [0.717, 1.165) is 18.4 Å². The largest absolute Gasteiger partial charge is 0.416 e. The first-order valence-corrected chi connectivity index (χ1v) is 13.3. The molecule has 2 aromatic rings. The number of nitrogens with one attached hydrogen (secondary N) is 1. The summed E-state index contributed by atoms with van der Waals surface area (Å²) in [5.41, 5.74) is -0.745.